The number of ether oxygens (including phenoxy) is 1. The topological polar surface area (TPSA) is 95.6 Å². The Bertz CT molecular complexity index is 1390. The number of anilines is 2. The van der Waals surface area contributed by atoms with Crippen LogP contribution in [0.25, 0.3) is 22.7 Å². The van der Waals surface area contributed by atoms with Crippen LogP contribution in [0, 0.1) is 13.8 Å². The standard InChI is InChI=1S/C23H22N8O/c1-4-32-23-12-16(3)31(29-23)22-7-5-6-21(26-22)30-14-24-18-13-17(9-10-19(18)30)25-20-11-8-15(2)27-28-20/h5-14H,4H2,1-3H3,(H,25,28). The Morgan fingerprint density at radius 3 is 2.66 bits per heavy atom. The first-order valence-electron chi connectivity index (χ1n) is 10.3. The van der Waals surface area contributed by atoms with Gasteiger partial charge in [-0.05, 0) is 63.2 Å². The summed E-state index contributed by atoms with van der Waals surface area (Å²) in [6.45, 7) is 6.39. The third-order valence-corrected chi connectivity index (χ3v) is 4.96. The largest absolute Gasteiger partial charge is 0.477 e. The Morgan fingerprint density at radius 1 is 0.969 bits per heavy atom. The summed E-state index contributed by atoms with van der Waals surface area (Å²) in [5.74, 6) is 2.74. The second kappa shape index (κ2) is 8.10. The van der Waals surface area contributed by atoms with E-state index in [9.17, 15) is 0 Å². The lowest BCUT2D eigenvalue weighted by atomic mass is 10.2. The predicted molar refractivity (Wildman–Crippen MR) is 122 cm³/mol. The number of nitrogens with one attached hydrogen (secondary N) is 1. The van der Waals surface area contributed by atoms with Gasteiger partial charge in [-0.1, -0.05) is 6.07 Å². The highest BCUT2D eigenvalue weighted by molar-refractivity contribution is 5.81. The van der Waals surface area contributed by atoms with Crippen molar-refractivity contribution in [2.75, 3.05) is 11.9 Å². The van der Waals surface area contributed by atoms with Crippen molar-refractivity contribution in [3.63, 3.8) is 0 Å². The lowest BCUT2D eigenvalue weighted by molar-refractivity contribution is 0.324. The number of hydrogen-bond donors (Lipinski definition) is 1. The van der Waals surface area contributed by atoms with Crippen LogP contribution in [0.4, 0.5) is 11.5 Å². The number of hydrogen-bond acceptors (Lipinski definition) is 7. The van der Waals surface area contributed by atoms with Crippen LogP contribution < -0.4 is 10.1 Å². The monoisotopic (exact) mass is 426 g/mol. The molecule has 0 unspecified atom stereocenters. The highest BCUT2D eigenvalue weighted by Gasteiger charge is 2.11. The first-order valence-corrected chi connectivity index (χ1v) is 10.3. The minimum absolute atomic E-state index is 0.568. The van der Waals surface area contributed by atoms with E-state index in [0.29, 0.717) is 24.1 Å². The Balaban J connectivity index is 1.46. The third kappa shape index (κ3) is 3.76. The van der Waals surface area contributed by atoms with Crippen molar-refractivity contribution in [2.45, 2.75) is 20.8 Å². The first-order chi connectivity index (χ1) is 15.6. The number of aromatic nitrogens is 7. The SMILES string of the molecule is CCOc1cc(C)n(-c2cccc(-n3cnc4cc(Nc5ccc(C)nn5)ccc43)n2)n1. The van der Waals surface area contributed by atoms with E-state index in [4.69, 9.17) is 9.72 Å². The molecule has 0 fully saturated rings. The van der Waals surface area contributed by atoms with Crippen LogP contribution >= 0.6 is 0 Å². The van der Waals surface area contributed by atoms with Gasteiger partial charge in [-0.25, -0.2) is 14.6 Å². The Morgan fingerprint density at radius 2 is 1.84 bits per heavy atom. The third-order valence-electron chi connectivity index (χ3n) is 4.96. The maximum atomic E-state index is 5.52. The van der Waals surface area contributed by atoms with Crippen LogP contribution in [0.1, 0.15) is 18.3 Å². The molecule has 1 N–H and O–H groups in total. The van der Waals surface area contributed by atoms with Gasteiger partial charge in [0.15, 0.2) is 11.6 Å². The number of nitrogens with zero attached hydrogens (tertiary/aromatic N) is 7. The molecule has 160 valence electrons. The second-order valence-electron chi connectivity index (χ2n) is 7.33. The Labute approximate surface area is 184 Å². The Kier molecular flexibility index (Phi) is 4.98. The van der Waals surface area contributed by atoms with Crippen molar-refractivity contribution >= 4 is 22.5 Å². The van der Waals surface area contributed by atoms with E-state index >= 15 is 0 Å². The van der Waals surface area contributed by atoms with E-state index in [-0.39, 0.29) is 0 Å². The Hall–Kier alpha value is -4.27. The van der Waals surface area contributed by atoms with E-state index in [0.717, 1.165) is 33.9 Å². The van der Waals surface area contributed by atoms with Crippen molar-refractivity contribution in [3.05, 3.63) is 72.3 Å². The van der Waals surface area contributed by atoms with Crippen molar-refractivity contribution in [2.24, 2.45) is 0 Å². The predicted octanol–water partition coefficient (Wildman–Crippen LogP) is 4.16. The molecule has 5 rings (SSSR count). The fraction of sp³-hybridized carbons (Fsp3) is 0.174. The molecule has 1 aromatic carbocycles. The molecule has 0 bridgehead atoms. The lowest BCUT2D eigenvalue weighted by Gasteiger charge is -2.08. The van der Waals surface area contributed by atoms with Crippen molar-refractivity contribution in [3.8, 4) is 17.5 Å². The van der Waals surface area contributed by atoms with Gasteiger partial charge in [-0.2, -0.15) is 5.10 Å². The molecule has 0 aliphatic heterocycles. The van der Waals surface area contributed by atoms with Gasteiger partial charge in [-0.3, -0.25) is 4.57 Å². The van der Waals surface area contributed by atoms with Crippen LogP contribution in [0.15, 0.2) is 60.9 Å². The van der Waals surface area contributed by atoms with Gasteiger partial charge >= 0.3 is 0 Å². The molecule has 32 heavy (non-hydrogen) atoms. The molecule has 0 aliphatic rings. The summed E-state index contributed by atoms with van der Waals surface area (Å²) < 4.78 is 9.25. The zero-order chi connectivity index (χ0) is 22.1. The fourth-order valence-electron chi connectivity index (χ4n) is 3.45. The van der Waals surface area contributed by atoms with Crippen LogP contribution in [0.2, 0.25) is 0 Å². The number of aryl methyl sites for hydroxylation is 2. The highest BCUT2D eigenvalue weighted by Crippen LogP contribution is 2.23. The average Bonchev–Trinajstić information content (AvgIpc) is 3.38. The molecule has 4 aromatic heterocycles. The molecule has 0 amide bonds. The fourth-order valence-corrected chi connectivity index (χ4v) is 3.45. The summed E-state index contributed by atoms with van der Waals surface area (Å²) in [6, 6.07) is 17.5. The van der Waals surface area contributed by atoms with Crippen LogP contribution in [-0.4, -0.2) is 41.1 Å². The van der Waals surface area contributed by atoms with E-state index in [2.05, 4.69) is 25.6 Å². The maximum Gasteiger partial charge on any atom is 0.233 e. The summed E-state index contributed by atoms with van der Waals surface area (Å²) in [7, 11) is 0. The number of fused-ring (bicyclic) bond motifs is 1. The maximum absolute atomic E-state index is 5.52. The number of benzene rings is 1. The molecular formula is C23H22N8O. The summed E-state index contributed by atoms with van der Waals surface area (Å²) >= 11 is 0. The molecular weight excluding hydrogens is 404 g/mol. The van der Waals surface area contributed by atoms with Crippen molar-refractivity contribution in [1.29, 1.82) is 0 Å². The van der Waals surface area contributed by atoms with Crippen molar-refractivity contribution < 1.29 is 4.74 Å². The molecule has 0 spiro atoms. The van der Waals surface area contributed by atoms with Crippen LogP contribution in [-0.2, 0) is 0 Å². The van der Waals surface area contributed by atoms with Gasteiger partial charge < -0.3 is 10.1 Å². The quantitative estimate of drug-likeness (QED) is 0.436. The van der Waals surface area contributed by atoms with Gasteiger partial charge in [-0.15, -0.1) is 10.2 Å². The normalized spacial score (nSPS) is 11.1. The molecule has 5 aromatic rings. The number of rotatable bonds is 6. The molecule has 0 radical (unpaired) electrons. The molecule has 9 heteroatoms. The highest BCUT2D eigenvalue weighted by atomic mass is 16.5. The first kappa shape index (κ1) is 19.7. The molecule has 0 atom stereocenters. The summed E-state index contributed by atoms with van der Waals surface area (Å²) in [6.07, 6.45) is 1.77. The number of pyridine rings is 1. The summed E-state index contributed by atoms with van der Waals surface area (Å²) in [5.41, 5.74) is 4.50. The summed E-state index contributed by atoms with van der Waals surface area (Å²) in [5, 5.41) is 16.0. The lowest BCUT2D eigenvalue weighted by Crippen LogP contribution is -2.05. The molecule has 0 saturated carbocycles. The zero-order valence-electron chi connectivity index (χ0n) is 18.0. The smallest absolute Gasteiger partial charge is 0.233 e. The zero-order valence-corrected chi connectivity index (χ0v) is 18.0. The molecule has 4 heterocycles. The molecule has 9 nitrogen and oxygen atoms in total. The second-order valence-corrected chi connectivity index (χ2v) is 7.33. The molecule has 0 aliphatic carbocycles. The van der Waals surface area contributed by atoms with Gasteiger partial charge in [0.2, 0.25) is 5.88 Å². The van der Waals surface area contributed by atoms with E-state index in [1.807, 2.05) is 79.9 Å². The van der Waals surface area contributed by atoms with Gasteiger partial charge in [0, 0.05) is 17.4 Å². The van der Waals surface area contributed by atoms with Crippen LogP contribution in [0.3, 0.4) is 0 Å². The average molecular weight is 426 g/mol. The molecule has 0 saturated heterocycles. The van der Waals surface area contributed by atoms with E-state index in [1.54, 1.807) is 11.0 Å². The van der Waals surface area contributed by atoms with E-state index < -0.39 is 0 Å². The number of imidazole rings is 1. The van der Waals surface area contributed by atoms with Gasteiger partial charge in [0.1, 0.15) is 12.1 Å². The van der Waals surface area contributed by atoms with E-state index in [1.165, 1.54) is 0 Å². The minimum atomic E-state index is 0.568. The van der Waals surface area contributed by atoms with Gasteiger partial charge in [0.05, 0.1) is 23.3 Å². The minimum Gasteiger partial charge on any atom is -0.477 e. The summed E-state index contributed by atoms with van der Waals surface area (Å²) in [4.78, 5) is 9.37. The van der Waals surface area contributed by atoms with Gasteiger partial charge in [0.25, 0.3) is 0 Å². The van der Waals surface area contributed by atoms with Crippen LogP contribution in [0.5, 0.6) is 5.88 Å². The van der Waals surface area contributed by atoms with Crippen molar-refractivity contribution in [1.82, 2.24) is 34.5 Å².